The van der Waals surface area contributed by atoms with Gasteiger partial charge in [0.15, 0.2) is 6.23 Å². The minimum Gasteiger partial charge on any atom is -0.347 e. The van der Waals surface area contributed by atoms with Gasteiger partial charge in [-0.15, -0.1) is 0 Å². The van der Waals surface area contributed by atoms with Gasteiger partial charge < -0.3 is 9.64 Å². The van der Waals surface area contributed by atoms with Crippen molar-refractivity contribution in [3.8, 4) is 0 Å². The molecule has 1 heterocycles. The summed E-state index contributed by atoms with van der Waals surface area (Å²) in [6.07, 6.45) is -0.136. The second-order valence-corrected chi connectivity index (χ2v) is 5.70. The molecule has 19 heavy (non-hydrogen) atoms. The lowest BCUT2D eigenvalue weighted by molar-refractivity contribution is 0.117. The molecule has 96 valence electrons. The second kappa shape index (κ2) is 5.41. The van der Waals surface area contributed by atoms with Gasteiger partial charge >= 0.3 is 0 Å². The fourth-order valence-corrected chi connectivity index (χ4v) is 2.70. The van der Waals surface area contributed by atoms with Gasteiger partial charge in [-0.05, 0) is 24.3 Å². The molecule has 0 amide bonds. The molecular weight excluding hydrogens is 322 g/mol. The summed E-state index contributed by atoms with van der Waals surface area (Å²) in [5, 5.41) is 0. The summed E-state index contributed by atoms with van der Waals surface area (Å²) in [4.78, 5) is 2.89. The third-order valence-electron chi connectivity index (χ3n) is 3.06. The Kier molecular flexibility index (Phi) is 3.64. The Balaban J connectivity index is 1.97. The largest absolute Gasteiger partial charge is 0.347 e. The van der Waals surface area contributed by atoms with Gasteiger partial charge in [-0.2, -0.15) is 0 Å². The predicted octanol–water partition coefficient (Wildman–Crippen LogP) is 4.31. The molecule has 2 nitrogen and oxygen atoms in total. The minimum absolute atomic E-state index is 0.136. The Morgan fingerprint density at radius 3 is 2.42 bits per heavy atom. The van der Waals surface area contributed by atoms with Gasteiger partial charge in [-0.1, -0.05) is 58.5 Å². The average Bonchev–Trinajstić information content (AvgIpc) is 2.82. The highest BCUT2D eigenvalue weighted by Gasteiger charge is 2.31. The highest BCUT2D eigenvalue weighted by molar-refractivity contribution is 9.10. The fourth-order valence-electron chi connectivity index (χ4n) is 2.17. The minimum atomic E-state index is -0.136. The average molecular weight is 334 g/mol. The van der Waals surface area contributed by atoms with E-state index in [2.05, 4.69) is 33.0 Å². The van der Waals surface area contributed by atoms with Crippen LogP contribution in [0.25, 0.3) is 0 Å². The summed E-state index contributed by atoms with van der Waals surface area (Å²) in [5.74, 6) is 0. The van der Waals surface area contributed by atoms with E-state index in [4.69, 9.17) is 17.0 Å². The van der Waals surface area contributed by atoms with Gasteiger partial charge in [0.25, 0.3) is 0 Å². The summed E-state index contributed by atoms with van der Waals surface area (Å²) in [7, 11) is 0. The molecule has 3 rings (SSSR count). The molecule has 0 N–H and O–H groups in total. The molecule has 0 radical (unpaired) electrons. The zero-order valence-electron chi connectivity index (χ0n) is 10.1. The SMILES string of the molecule is S=C1CO[C@@H](c2ccc(Br)cc2)N1c1ccccc1. The van der Waals surface area contributed by atoms with Crippen LogP contribution in [0.3, 0.4) is 0 Å². The Labute approximate surface area is 126 Å². The van der Waals surface area contributed by atoms with Gasteiger partial charge in [0.05, 0.1) is 0 Å². The maximum atomic E-state index is 5.83. The van der Waals surface area contributed by atoms with Crippen LogP contribution < -0.4 is 4.90 Å². The van der Waals surface area contributed by atoms with E-state index in [-0.39, 0.29) is 6.23 Å². The van der Waals surface area contributed by atoms with Gasteiger partial charge in [-0.3, -0.25) is 0 Å². The molecule has 1 atom stereocenters. The number of ether oxygens (including phenoxy) is 1. The number of anilines is 1. The van der Waals surface area contributed by atoms with E-state index in [1.807, 2.05) is 42.5 Å². The maximum absolute atomic E-state index is 5.83. The molecule has 2 aromatic carbocycles. The normalized spacial score (nSPS) is 18.9. The van der Waals surface area contributed by atoms with Crippen LogP contribution in [0.5, 0.6) is 0 Å². The number of nitrogens with zero attached hydrogens (tertiary/aromatic N) is 1. The molecule has 1 aliphatic rings. The molecule has 1 saturated heterocycles. The van der Waals surface area contributed by atoms with Crippen molar-refractivity contribution in [1.29, 1.82) is 0 Å². The van der Waals surface area contributed by atoms with Crippen LogP contribution in [0.2, 0.25) is 0 Å². The zero-order chi connectivity index (χ0) is 13.2. The molecule has 1 fully saturated rings. The first-order valence-electron chi connectivity index (χ1n) is 6.00. The molecular formula is C15H12BrNOS. The van der Waals surface area contributed by atoms with Crippen molar-refractivity contribution in [1.82, 2.24) is 0 Å². The number of halogens is 1. The first kappa shape index (κ1) is 12.8. The van der Waals surface area contributed by atoms with E-state index >= 15 is 0 Å². The Morgan fingerprint density at radius 1 is 1.05 bits per heavy atom. The van der Waals surface area contributed by atoms with Crippen molar-refractivity contribution in [3.05, 3.63) is 64.6 Å². The summed E-state index contributed by atoms with van der Waals surface area (Å²) in [6.45, 7) is 0.491. The molecule has 0 unspecified atom stereocenters. The smallest absolute Gasteiger partial charge is 0.161 e. The Hall–Kier alpha value is -1.23. The number of hydrogen-bond acceptors (Lipinski definition) is 2. The Bertz CT molecular complexity index is 585. The van der Waals surface area contributed by atoms with Crippen molar-refractivity contribution in [2.45, 2.75) is 6.23 Å². The van der Waals surface area contributed by atoms with Crippen molar-refractivity contribution < 1.29 is 4.74 Å². The van der Waals surface area contributed by atoms with Crippen molar-refractivity contribution in [2.24, 2.45) is 0 Å². The van der Waals surface area contributed by atoms with Crippen LogP contribution in [-0.4, -0.2) is 11.6 Å². The van der Waals surface area contributed by atoms with E-state index in [1.165, 1.54) is 0 Å². The lowest BCUT2D eigenvalue weighted by atomic mass is 10.1. The van der Waals surface area contributed by atoms with Crippen LogP contribution in [0.15, 0.2) is 59.1 Å². The van der Waals surface area contributed by atoms with Gasteiger partial charge in [0.1, 0.15) is 11.6 Å². The van der Waals surface area contributed by atoms with E-state index in [0.717, 1.165) is 20.7 Å². The van der Waals surface area contributed by atoms with Gasteiger partial charge in [-0.25, -0.2) is 0 Å². The highest BCUT2D eigenvalue weighted by atomic mass is 79.9. The first-order valence-corrected chi connectivity index (χ1v) is 7.20. The van der Waals surface area contributed by atoms with Crippen LogP contribution in [-0.2, 0) is 4.74 Å². The van der Waals surface area contributed by atoms with E-state index in [0.29, 0.717) is 6.61 Å². The molecule has 2 aromatic rings. The monoisotopic (exact) mass is 333 g/mol. The zero-order valence-corrected chi connectivity index (χ0v) is 12.5. The van der Waals surface area contributed by atoms with E-state index in [9.17, 15) is 0 Å². The Morgan fingerprint density at radius 2 is 1.74 bits per heavy atom. The van der Waals surface area contributed by atoms with Crippen LogP contribution in [0.4, 0.5) is 5.69 Å². The summed E-state index contributed by atoms with van der Waals surface area (Å²) < 4.78 is 6.89. The van der Waals surface area contributed by atoms with Crippen molar-refractivity contribution in [3.63, 3.8) is 0 Å². The number of para-hydroxylation sites is 1. The summed E-state index contributed by atoms with van der Waals surface area (Å²) in [6, 6.07) is 18.3. The quantitative estimate of drug-likeness (QED) is 0.760. The molecule has 0 aliphatic carbocycles. The molecule has 0 aromatic heterocycles. The second-order valence-electron chi connectivity index (χ2n) is 4.31. The number of rotatable bonds is 2. The third-order valence-corrected chi connectivity index (χ3v) is 3.90. The molecule has 0 spiro atoms. The standard InChI is InChI=1S/C15H12BrNOS/c16-12-8-6-11(7-9-12)15-17(14(19)10-18-15)13-4-2-1-3-5-13/h1-9,15H,10H2/t15-/m0/s1. The number of thiocarbonyl (C=S) groups is 1. The summed E-state index contributed by atoms with van der Waals surface area (Å²) >= 11 is 8.86. The van der Waals surface area contributed by atoms with Crippen molar-refractivity contribution >= 4 is 38.8 Å². The molecule has 1 aliphatic heterocycles. The molecule has 0 saturated carbocycles. The molecule has 4 heteroatoms. The van der Waals surface area contributed by atoms with Gasteiger partial charge in [0, 0.05) is 15.7 Å². The highest BCUT2D eigenvalue weighted by Crippen LogP contribution is 2.33. The van der Waals surface area contributed by atoms with Crippen LogP contribution in [0, 0.1) is 0 Å². The topological polar surface area (TPSA) is 12.5 Å². The van der Waals surface area contributed by atoms with E-state index in [1.54, 1.807) is 0 Å². The van der Waals surface area contributed by atoms with Crippen molar-refractivity contribution in [2.75, 3.05) is 11.5 Å². The molecule has 0 bridgehead atoms. The van der Waals surface area contributed by atoms with Crippen LogP contribution >= 0.6 is 28.1 Å². The fraction of sp³-hybridized carbons (Fsp3) is 0.133. The summed E-state index contributed by atoms with van der Waals surface area (Å²) in [5.41, 5.74) is 2.17. The predicted molar refractivity (Wildman–Crippen MR) is 84.4 cm³/mol. The lowest BCUT2D eigenvalue weighted by Gasteiger charge is -2.25. The number of benzene rings is 2. The lowest BCUT2D eigenvalue weighted by Crippen LogP contribution is -2.26. The third kappa shape index (κ3) is 2.56. The number of hydrogen-bond donors (Lipinski definition) is 0. The van der Waals surface area contributed by atoms with Crippen LogP contribution in [0.1, 0.15) is 11.8 Å². The first-order chi connectivity index (χ1) is 9.25. The van der Waals surface area contributed by atoms with Gasteiger partial charge in [0.2, 0.25) is 0 Å². The van der Waals surface area contributed by atoms with E-state index < -0.39 is 0 Å². The maximum Gasteiger partial charge on any atom is 0.161 e.